The van der Waals surface area contributed by atoms with Crippen LogP contribution in [-0.2, 0) is 6.42 Å². The molecule has 0 saturated heterocycles. The van der Waals surface area contributed by atoms with Gasteiger partial charge in [0.1, 0.15) is 0 Å². The van der Waals surface area contributed by atoms with Crippen molar-refractivity contribution in [1.82, 2.24) is 0 Å². The van der Waals surface area contributed by atoms with Crippen molar-refractivity contribution in [2.45, 2.75) is 6.42 Å². The minimum absolute atomic E-state index is 0.221. The van der Waals surface area contributed by atoms with Gasteiger partial charge in [-0.1, -0.05) is 36.4 Å². The predicted octanol–water partition coefficient (Wildman–Crippen LogP) is 3.61. The number of benzene rings is 1. The third-order valence-corrected chi connectivity index (χ3v) is 3.13. The van der Waals surface area contributed by atoms with Gasteiger partial charge in [0.25, 0.3) is 5.70 Å². The van der Waals surface area contributed by atoms with E-state index in [1.54, 1.807) is 6.08 Å². The summed E-state index contributed by atoms with van der Waals surface area (Å²) in [6.07, 6.45) is 1.99. The van der Waals surface area contributed by atoms with E-state index in [9.17, 15) is 10.1 Å². The van der Waals surface area contributed by atoms with Crippen molar-refractivity contribution in [3.8, 4) is 0 Å². The van der Waals surface area contributed by atoms with Gasteiger partial charge in [-0.15, -0.1) is 11.3 Å². The van der Waals surface area contributed by atoms with Gasteiger partial charge < -0.3 is 0 Å². The number of rotatable bonds is 4. The van der Waals surface area contributed by atoms with Gasteiger partial charge in [-0.05, 0) is 17.0 Å². The molecule has 0 fully saturated rings. The largest absolute Gasteiger partial charge is 0.259 e. The Balaban J connectivity index is 2.22. The first-order valence-electron chi connectivity index (χ1n) is 5.18. The first-order chi connectivity index (χ1) is 8.25. The molecule has 0 aliphatic rings. The third-order valence-electron chi connectivity index (χ3n) is 2.31. The first kappa shape index (κ1) is 11.5. The zero-order valence-corrected chi connectivity index (χ0v) is 9.89. The highest BCUT2D eigenvalue weighted by Crippen LogP contribution is 2.16. The van der Waals surface area contributed by atoms with Gasteiger partial charge >= 0.3 is 0 Å². The van der Waals surface area contributed by atoms with E-state index in [0.717, 1.165) is 10.4 Å². The van der Waals surface area contributed by atoms with E-state index in [1.165, 1.54) is 11.3 Å². The second kappa shape index (κ2) is 5.41. The molecule has 0 aliphatic carbocycles. The van der Waals surface area contributed by atoms with Gasteiger partial charge in [-0.2, -0.15) is 0 Å². The number of nitrogens with zero attached hydrogens (tertiary/aromatic N) is 1. The van der Waals surface area contributed by atoms with Crippen LogP contribution in [0.1, 0.15) is 10.4 Å². The summed E-state index contributed by atoms with van der Waals surface area (Å²) in [5.74, 6) is 0. The summed E-state index contributed by atoms with van der Waals surface area (Å²) < 4.78 is 0. The van der Waals surface area contributed by atoms with Crippen molar-refractivity contribution < 1.29 is 4.92 Å². The fraction of sp³-hybridized carbons (Fsp3) is 0.0769. The molecule has 4 heteroatoms. The van der Waals surface area contributed by atoms with Crippen LogP contribution >= 0.6 is 11.3 Å². The van der Waals surface area contributed by atoms with E-state index >= 15 is 0 Å². The predicted molar refractivity (Wildman–Crippen MR) is 69.4 cm³/mol. The Morgan fingerprint density at radius 2 is 2.00 bits per heavy atom. The van der Waals surface area contributed by atoms with Gasteiger partial charge in [-0.3, -0.25) is 10.1 Å². The summed E-state index contributed by atoms with van der Waals surface area (Å²) in [6, 6.07) is 13.2. The van der Waals surface area contributed by atoms with E-state index in [1.807, 2.05) is 47.8 Å². The molecule has 2 rings (SSSR count). The molecule has 0 N–H and O–H groups in total. The number of allylic oxidation sites excluding steroid dienone is 1. The van der Waals surface area contributed by atoms with Gasteiger partial charge in [0, 0.05) is 11.0 Å². The number of nitro groups is 1. The van der Waals surface area contributed by atoms with Crippen molar-refractivity contribution in [2.75, 3.05) is 0 Å². The second-order valence-corrected chi connectivity index (χ2v) is 4.55. The maximum absolute atomic E-state index is 11.0. The standard InChI is InChI=1S/C13H11NO2S/c15-14(16)12(10-13-7-4-8-17-13)9-11-5-2-1-3-6-11/h1-8,10H,9H2/b12-10+. The molecule has 2 aromatic rings. The Hall–Kier alpha value is -1.94. The van der Waals surface area contributed by atoms with Gasteiger partial charge in [0.05, 0.1) is 11.3 Å². The minimum Gasteiger partial charge on any atom is -0.259 e. The number of hydrogen-bond donors (Lipinski definition) is 0. The molecule has 86 valence electrons. The third kappa shape index (κ3) is 3.26. The molecule has 0 bridgehead atoms. The topological polar surface area (TPSA) is 43.1 Å². The van der Waals surface area contributed by atoms with E-state index in [0.29, 0.717) is 6.42 Å². The smallest absolute Gasteiger partial charge is 0.252 e. The minimum atomic E-state index is -0.313. The summed E-state index contributed by atoms with van der Waals surface area (Å²) >= 11 is 1.50. The first-order valence-corrected chi connectivity index (χ1v) is 6.06. The Kier molecular flexibility index (Phi) is 3.67. The van der Waals surface area contributed by atoms with E-state index < -0.39 is 0 Å². The Morgan fingerprint density at radius 1 is 1.24 bits per heavy atom. The Bertz CT molecular complexity index is 518. The lowest BCUT2D eigenvalue weighted by Gasteiger charge is -1.98. The van der Waals surface area contributed by atoms with Crippen molar-refractivity contribution in [1.29, 1.82) is 0 Å². The molecule has 0 unspecified atom stereocenters. The van der Waals surface area contributed by atoms with E-state index in [2.05, 4.69) is 0 Å². The zero-order valence-electron chi connectivity index (χ0n) is 9.08. The molecular weight excluding hydrogens is 234 g/mol. The molecule has 3 nitrogen and oxygen atoms in total. The number of thiophene rings is 1. The summed E-state index contributed by atoms with van der Waals surface area (Å²) in [5.41, 5.74) is 1.17. The molecule has 1 aromatic carbocycles. The van der Waals surface area contributed by atoms with Crippen LogP contribution in [-0.4, -0.2) is 4.92 Å². The molecule has 0 aliphatic heterocycles. The van der Waals surface area contributed by atoms with Crippen LogP contribution in [0, 0.1) is 10.1 Å². The zero-order chi connectivity index (χ0) is 12.1. The molecule has 0 saturated carbocycles. The SMILES string of the molecule is O=[N+]([O-])/C(=C/c1cccs1)Cc1ccccc1. The summed E-state index contributed by atoms with van der Waals surface area (Å²) in [7, 11) is 0. The van der Waals surface area contributed by atoms with Crippen LogP contribution in [0.4, 0.5) is 0 Å². The van der Waals surface area contributed by atoms with Crippen molar-refractivity contribution in [2.24, 2.45) is 0 Å². The van der Waals surface area contributed by atoms with Crippen LogP contribution in [0.2, 0.25) is 0 Å². The van der Waals surface area contributed by atoms with Crippen LogP contribution in [0.15, 0.2) is 53.5 Å². The highest BCUT2D eigenvalue weighted by molar-refractivity contribution is 7.10. The van der Waals surface area contributed by atoms with Gasteiger partial charge in [0.15, 0.2) is 0 Å². The maximum Gasteiger partial charge on any atom is 0.252 e. The molecule has 17 heavy (non-hydrogen) atoms. The summed E-state index contributed by atoms with van der Waals surface area (Å²) in [4.78, 5) is 11.6. The lowest BCUT2D eigenvalue weighted by Crippen LogP contribution is -2.01. The lowest BCUT2D eigenvalue weighted by atomic mass is 10.1. The van der Waals surface area contributed by atoms with Crippen LogP contribution in [0.25, 0.3) is 6.08 Å². The van der Waals surface area contributed by atoms with E-state index in [4.69, 9.17) is 0 Å². The molecule has 0 spiro atoms. The van der Waals surface area contributed by atoms with E-state index in [-0.39, 0.29) is 10.6 Å². The fourth-order valence-corrected chi connectivity index (χ4v) is 2.19. The highest BCUT2D eigenvalue weighted by atomic mass is 32.1. The van der Waals surface area contributed by atoms with Gasteiger partial charge in [0.2, 0.25) is 0 Å². The summed E-state index contributed by atoms with van der Waals surface area (Å²) in [6.45, 7) is 0. The monoisotopic (exact) mass is 245 g/mol. The Morgan fingerprint density at radius 3 is 2.59 bits per heavy atom. The van der Waals surface area contributed by atoms with Crippen molar-refractivity contribution in [3.63, 3.8) is 0 Å². The van der Waals surface area contributed by atoms with Crippen LogP contribution in [0.3, 0.4) is 0 Å². The molecule has 0 radical (unpaired) electrons. The quantitative estimate of drug-likeness (QED) is 0.610. The van der Waals surface area contributed by atoms with Crippen molar-refractivity contribution >= 4 is 17.4 Å². The molecule has 0 atom stereocenters. The molecular formula is C13H11NO2S. The van der Waals surface area contributed by atoms with Gasteiger partial charge in [-0.25, -0.2) is 0 Å². The average molecular weight is 245 g/mol. The molecule has 0 amide bonds. The highest BCUT2D eigenvalue weighted by Gasteiger charge is 2.11. The fourth-order valence-electron chi connectivity index (χ4n) is 1.51. The number of hydrogen-bond acceptors (Lipinski definition) is 3. The Labute approximate surface area is 103 Å². The normalized spacial score (nSPS) is 11.4. The maximum atomic E-state index is 11.0. The molecule has 1 heterocycles. The lowest BCUT2D eigenvalue weighted by molar-refractivity contribution is -0.425. The summed E-state index contributed by atoms with van der Waals surface area (Å²) in [5, 5.41) is 12.9. The van der Waals surface area contributed by atoms with Crippen LogP contribution in [0.5, 0.6) is 0 Å². The van der Waals surface area contributed by atoms with Crippen LogP contribution < -0.4 is 0 Å². The van der Waals surface area contributed by atoms with Crippen molar-refractivity contribution in [3.05, 3.63) is 74.1 Å². The second-order valence-electron chi connectivity index (χ2n) is 3.57. The average Bonchev–Trinajstić information content (AvgIpc) is 2.82. The molecule has 1 aromatic heterocycles.